The maximum atomic E-state index is 11.3. The minimum Gasteiger partial charge on any atom is -0.368 e. The van der Waals surface area contributed by atoms with E-state index in [1.54, 1.807) is 6.20 Å². The Labute approximate surface area is 101 Å². The second kappa shape index (κ2) is 5.25. The minimum atomic E-state index is -0.247. The van der Waals surface area contributed by atoms with E-state index in [0.29, 0.717) is 6.54 Å². The highest BCUT2D eigenvalue weighted by Crippen LogP contribution is 2.10. The van der Waals surface area contributed by atoms with Gasteiger partial charge < -0.3 is 5.73 Å². The SMILES string of the molecule is CN1CCN(Cc2cccnc2)CC1C(N)=O. The van der Waals surface area contributed by atoms with E-state index in [4.69, 9.17) is 5.73 Å². The first-order chi connectivity index (χ1) is 8.16. The number of piperazine rings is 1. The summed E-state index contributed by atoms with van der Waals surface area (Å²) in [5.41, 5.74) is 6.56. The van der Waals surface area contributed by atoms with Crippen molar-refractivity contribution in [1.82, 2.24) is 14.8 Å². The molecular formula is C12H18N4O. The molecule has 92 valence electrons. The maximum Gasteiger partial charge on any atom is 0.236 e. The van der Waals surface area contributed by atoms with Gasteiger partial charge in [0.25, 0.3) is 0 Å². The van der Waals surface area contributed by atoms with Crippen LogP contribution in [-0.2, 0) is 11.3 Å². The second-order valence-electron chi connectivity index (χ2n) is 4.50. The lowest BCUT2D eigenvalue weighted by molar-refractivity contribution is -0.125. The van der Waals surface area contributed by atoms with Gasteiger partial charge in [-0.2, -0.15) is 0 Å². The number of pyridine rings is 1. The number of amides is 1. The van der Waals surface area contributed by atoms with Crippen molar-refractivity contribution >= 4 is 5.91 Å². The van der Waals surface area contributed by atoms with Crippen LogP contribution < -0.4 is 5.73 Å². The first-order valence-electron chi connectivity index (χ1n) is 5.77. The lowest BCUT2D eigenvalue weighted by Crippen LogP contribution is -2.56. The fourth-order valence-corrected chi connectivity index (χ4v) is 2.13. The molecule has 17 heavy (non-hydrogen) atoms. The van der Waals surface area contributed by atoms with Gasteiger partial charge in [-0.1, -0.05) is 6.07 Å². The van der Waals surface area contributed by atoms with Crippen LogP contribution in [-0.4, -0.2) is 53.4 Å². The maximum absolute atomic E-state index is 11.3. The molecule has 5 heteroatoms. The third-order valence-corrected chi connectivity index (χ3v) is 3.19. The zero-order valence-corrected chi connectivity index (χ0v) is 10.0. The summed E-state index contributed by atoms with van der Waals surface area (Å²) in [6.07, 6.45) is 3.62. The molecule has 1 aliphatic heterocycles. The number of carbonyl (C=O) groups is 1. The van der Waals surface area contributed by atoms with Crippen LogP contribution in [0.15, 0.2) is 24.5 Å². The molecule has 0 radical (unpaired) electrons. The number of nitrogens with two attached hydrogens (primary N) is 1. The number of likely N-dealkylation sites (N-methyl/N-ethyl adjacent to an activating group) is 1. The highest BCUT2D eigenvalue weighted by atomic mass is 16.1. The lowest BCUT2D eigenvalue weighted by atomic mass is 10.1. The highest BCUT2D eigenvalue weighted by molar-refractivity contribution is 5.80. The smallest absolute Gasteiger partial charge is 0.236 e. The zero-order chi connectivity index (χ0) is 12.3. The normalized spacial score (nSPS) is 22.5. The van der Waals surface area contributed by atoms with Crippen LogP contribution in [0, 0.1) is 0 Å². The Kier molecular flexibility index (Phi) is 3.71. The van der Waals surface area contributed by atoms with Crippen molar-refractivity contribution in [3.63, 3.8) is 0 Å². The van der Waals surface area contributed by atoms with Crippen molar-refractivity contribution in [2.75, 3.05) is 26.7 Å². The van der Waals surface area contributed by atoms with Crippen LogP contribution in [0.5, 0.6) is 0 Å². The summed E-state index contributed by atoms with van der Waals surface area (Å²) in [7, 11) is 1.94. The van der Waals surface area contributed by atoms with Crippen molar-refractivity contribution < 1.29 is 4.79 Å². The Morgan fingerprint density at radius 2 is 2.41 bits per heavy atom. The molecule has 1 unspecified atom stereocenters. The molecule has 0 bridgehead atoms. The van der Waals surface area contributed by atoms with Gasteiger partial charge in [0.15, 0.2) is 0 Å². The molecular weight excluding hydrogens is 216 g/mol. The van der Waals surface area contributed by atoms with Crippen molar-refractivity contribution in [2.24, 2.45) is 5.73 Å². The number of hydrogen-bond donors (Lipinski definition) is 1. The van der Waals surface area contributed by atoms with E-state index in [-0.39, 0.29) is 11.9 Å². The molecule has 5 nitrogen and oxygen atoms in total. The summed E-state index contributed by atoms with van der Waals surface area (Å²) in [5.74, 6) is -0.247. The monoisotopic (exact) mass is 234 g/mol. The molecule has 2 heterocycles. The van der Waals surface area contributed by atoms with Crippen LogP contribution in [0.25, 0.3) is 0 Å². The van der Waals surface area contributed by atoms with Crippen LogP contribution in [0.3, 0.4) is 0 Å². The van der Waals surface area contributed by atoms with Gasteiger partial charge in [0.2, 0.25) is 5.91 Å². The zero-order valence-electron chi connectivity index (χ0n) is 10.0. The van der Waals surface area contributed by atoms with Gasteiger partial charge in [-0.3, -0.25) is 19.6 Å². The second-order valence-corrected chi connectivity index (χ2v) is 4.50. The van der Waals surface area contributed by atoms with E-state index in [1.807, 2.05) is 30.3 Å². The average Bonchev–Trinajstić information content (AvgIpc) is 2.32. The van der Waals surface area contributed by atoms with Crippen LogP contribution in [0.1, 0.15) is 5.56 Å². The molecule has 1 aromatic rings. The molecule has 2 N–H and O–H groups in total. The molecule has 1 fully saturated rings. The molecule has 0 spiro atoms. The average molecular weight is 234 g/mol. The van der Waals surface area contributed by atoms with Crippen molar-refractivity contribution in [2.45, 2.75) is 12.6 Å². The van der Waals surface area contributed by atoms with Gasteiger partial charge in [0.1, 0.15) is 6.04 Å². The van der Waals surface area contributed by atoms with Crippen molar-refractivity contribution in [1.29, 1.82) is 0 Å². The first kappa shape index (κ1) is 12.0. The number of hydrogen-bond acceptors (Lipinski definition) is 4. The molecule has 2 rings (SSSR count). The van der Waals surface area contributed by atoms with E-state index >= 15 is 0 Å². The summed E-state index contributed by atoms with van der Waals surface area (Å²) in [5, 5.41) is 0. The van der Waals surface area contributed by atoms with Gasteiger partial charge >= 0.3 is 0 Å². The predicted octanol–water partition coefficient (Wildman–Crippen LogP) is -0.317. The third-order valence-electron chi connectivity index (χ3n) is 3.19. The fourth-order valence-electron chi connectivity index (χ4n) is 2.13. The summed E-state index contributed by atoms with van der Waals surface area (Å²) < 4.78 is 0. The molecule has 1 atom stereocenters. The summed E-state index contributed by atoms with van der Waals surface area (Å²) >= 11 is 0. The summed E-state index contributed by atoms with van der Waals surface area (Å²) in [6.45, 7) is 3.34. The Morgan fingerprint density at radius 3 is 3.06 bits per heavy atom. The van der Waals surface area contributed by atoms with Gasteiger partial charge in [0, 0.05) is 38.6 Å². The molecule has 1 amide bonds. The van der Waals surface area contributed by atoms with Gasteiger partial charge in [-0.15, -0.1) is 0 Å². The highest BCUT2D eigenvalue weighted by Gasteiger charge is 2.28. The Hall–Kier alpha value is -1.46. The number of primary amides is 1. The molecule has 0 aliphatic carbocycles. The van der Waals surface area contributed by atoms with Gasteiger partial charge in [-0.25, -0.2) is 0 Å². The number of nitrogens with zero attached hydrogens (tertiary/aromatic N) is 3. The standard InChI is InChI=1S/C12H18N4O/c1-15-5-6-16(9-11(15)12(13)17)8-10-3-2-4-14-7-10/h2-4,7,11H,5-6,8-9H2,1H3,(H2,13,17). The minimum absolute atomic E-state index is 0.180. The van der Waals surface area contributed by atoms with Crippen LogP contribution in [0.2, 0.25) is 0 Å². The van der Waals surface area contributed by atoms with Crippen LogP contribution >= 0.6 is 0 Å². The quantitative estimate of drug-likeness (QED) is 0.779. The molecule has 1 saturated heterocycles. The van der Waals surface area contributed by atoms with Gasteiger partial charge in [0.05, 0.1) is 0 Å². The Balaban J connectivity index is 1.97. The van der Waals surface area contributed by atoms with Crippen molar-refractivity contribution in [3.05, 3.63) is 30.1 Å². The number of carbonyl (C=O) groups excluding carboxylic acids is 1. The van der Waals surface area contributed by atoms with E-state index < -0.39 is 0 Å². The lowest BCUT2D eigenvalue weighted by Gasteiger charge is -2.37. The fraction of sp³-hybridized carbons (Fsp3) is 0.500. The summed E-state index contributed by atoms with van der Waals surface area (Å²) in [4.78, 5) is 19.7. The van der Waals surface area contributed by atoms with E-state index in [0.717, 1.165) is 19.6 Å². The first-order valence-corrected chi connectivity index (χ1v) is 5.77. The topological polar surface area (TPSA) is 62.5 Å². The molecule has 0 aromatic carbocycles. The van der Waals surface area contributed by atoms with E-state index in [1.165, 1.54) is 5.56 Å². The van der Waals surface area contributed by atoms with E-state index in [2.05, 4.69) is 9.88 Å². The van der Waals surface area contributed by atoms with Crippen molar-refractivity contribution in [3.8, 4) is 0 Å². The Morgan fingerprint density at radius 1 is 1.59 bits per heavy atom. The Bertz CT molecular complexity index is 381. The third kappa shape index (κ3) is 3.01. The summed E-state index contributed by atoms with van der Waals surface area (Å²) in [6, 6.07) is 3.79. The molecule has 0 saturated carbocycles. The van der Waals surface area contributed by atoms with Gasteiger partial charge in [-0.05, 0) is 18.7 Å². The molecule has 1 aliphatic rings. The van der Waals surface area contributed by atoms with E-state index in [9.17, 15) is 4.79 Å². The molecule has 1 aromatic heterocycles. The largest absolute Gasteiger partial charge is 0.368 e. The number of aromatic nitrogens is 1. The van der Waals surface area contributed by atoms with Crippen LogP contribution in [0.4, 0.5) is 0 Å². The predicted molar refractivity (Wildman–Crippen MR) is 65.1 cm³/mol. The number of rotatable bonds is 3.